The van der Waals surface area contributed by atoms with Gasteiger partial charge in [-0.1, -0.05) is 0 Å². The van der Waals surface area contributed by atoms with Crippen LogP contribution in [0.25, 0.3) is 11.5 Å². The van der Waals surface area contributed by atoms with Crippen LogP contribution in [0.15, 0.2) is 29.0 Å². The van der Waals surface area contributed by atoms with Gasteiger partial charge in [0.05, 0.1) is 13.2 Å². The maximum absolute atomic E-state index is 11.7. The molecule has 2 aromatic rings. The van der Waals surface area contributed by atoms with Crippen molar-refractivity contribution in [3.63, 3.8) is 0 Å². The molecular formula is C21H29N3O6. The number of pyridine rings is 1. The molecule has 0 unspecified atom stereocenters. The lowest BCUT2D eigenvalue weighted by molar-refractivity contribution is 0.0512. The Kier molecular flexibility index (Phi) is 8.64. The highest BCUT2D eigenvalue weighted by molar-refractivity contribution is 5.87. The van der Waals surface area contributed by atoms with Gasteiger partial charge in [0.25, 0.3) is 0 Å². The van der Waals surface area contributed by atoms with E-state index in [1.165, 1.54) is 6.26 Å². The number of unbranched alkanes of at least 4 members (excludes halogenated alkanes) is 2. The standard InChI is InChI=1S/C21H29N3O6/c1-5-27-19(25)16-14-29-18(24-16)15-9-11-22-17(13-15)28-12-8-6-7-10-23-20(26)30-21(2,3)4/h9,11,13-14H,5-8,10,12H2,1-4H3,(H,23,26). The number of esters is 1. The van der Waals surface area contributed by atoms with E-state index in [2.05, 4.69) is 15.3 Å². The van der Waals surface area contributed by atoms with Crippen molar-refractivity contribution in [3.8, 4) is 17.3 Å². The second-order valence-electron chi connectivity index (χ2n) is 7.48. The molecule has 2 rings (SSSR count). The Bertz CT molecular complexity index is 828. The number of nitrogens with one attached hydrogen (secondary N) is 1. The summed E-state index contributed by atoms with van der Waals surface area (Å²) in [4.78, 5) is 31.5. The Balaban J connectivity index is 1.71. The van der Waals surface area contributed by atoms with Gasteiger partial charge in [0.2, 0.25) is 11.8 Å². The lowest BCUT2D eigenvalue weighted by atomic mass is 10.2. The van der Waals surface area contributed by atoms with Crippen LogP contribution in [0.4, 0.5) is 4.79 Å². The lowest BCUT2D eigenvalue weighted by Crippen LogP contribution is -2.33. The molecule has 1 N–H and O–H groups in total. The first-order valence-corrected chi connectivity index (χ1v) is 9.97. The summed E-state index contributed by atoms with van der Waals surface area (Å²) in [5.74, 6) is 0.202. The Morgan fingerprint density at radius 1 is 1.20 bits per heavy atom. The van der Waals surface area contributed by atoms with Crippen molar-refractivity contribution in [2.45, 2.75) is 52.6 Å². The monoisotopic (exact) mass is 419 g/mol. The number of amides is 1. The summed E-state index contributed by atoms with van der Waals surface area (Å²) in [7, 11) is 0. The molecule has 0 radical (unpaired) electrons. The van der Waals surface area contributed by atoms with Gasteiger partial charge in [0.15, 0.2) is 5.69 Å². The predicted octanol–water partition coefficient (Wildman–Crippen LogP) is 3.99. The fraction of sp³-hybridized carbons (Fsp3) is 0.524. The van der Waals surface area contributed by atoms with Gasteiger partial charge < -0.3 is 23.9 Å². The highest BCUT2D eigenvalue weighted by Gasteiger charge is 2.16. The van der Waals surface area contributed by atoms with Crippen LogP contribution in [0.2, 0.25) is 0 Å². The largest absolute Gasteiger partial charge is 0.478 e. The molecular weight excluding hydrogens is 390 g/mol. The summed E-state index contributed by atoms with van der Waals surface area (Å²) in [6.45, 7) is 8.52. The molecule has 0 spiro atoms. The van der Waals surface area contributed by atoms with Gasteiger partial charge in [-0.2, -0.15) is 0 Å². The number of aromatic nitrogens is 2. The van der Waals surface area contributed by atoms with Crippen LogP contribution in [0.1, 0.15) is 57.4 Å². The summed E-state index contributed by atoms with van der Waals surface area (Å²) in [6, 6.07) is 3.42. The fourth-order valence-corrected chi connectivity index (χ4v) is 2.41. The van der Waals surface area contributed by atoms with Gasteiger partial charge in [0.1, 0.15) is 11.9 Å². The third-order valence-corrected chi connectivity index (χ3v) is 3.71. The summed E-state index contributed by atoms with van der Waals surface area (Å²) in [6.07, 6.45) is 4.97. The van der Waals surface area contributed by atoms with Crippen molar-refractivity contribution in [1.82, 2.24) is 15.3 Å². The van der Waals surface area contributed by atoms with Crippen LogP contribution in [-0.2, 0) is 9.47 Å². The third kappa shape index (κ3) is 8.10. The summed E-state index contributed by atoms with van der Waals surface area (Å²) in [5.41, 5.74) is 0.272. The molecule has 1 amide bonds. The molecule has 9 heteroatoms. The molecule has 2 heterocycles. The normalized spacial score (nSPS) is 11.1. The summed E-state index contributed by atoms with van der Waals surface area (Å²) >= 11 is 0. The summed E-state index contributed by atoms with van der Waals surface area (Å²) in [5, 5.41) is 2.73. The number of hydrogen-bond donors (Lipinski definition) is 1. The van der Waals surface area contributed by atoms with Crippen molar-refractivity contribution < 1.29 is 28.2 Å². The zero-order chi connectivity index (χ0) is 22.0. The van der Waals surface area contributed by atoms with Crippen LogP contribution in [-0.4, -0.2) is 47.4 Å². The average molecular weight is 419 g/mol. The van der Waals surface area contributed by atoms with E-state index in [9.17, 15) is 9.59 Å². The molecule has 0 saturated heterocycles. The SMILES string of the molecule is CCOC(=O)c1coc(-c2ccnc(OCCCCCNC(=O)OC(C)(C)C)c2)n1. The number of ether oxygens (including phenoxy) is 3. The number of oxazole rings is 1. The van der Waals surface area contributed by atoms with E-state index in [0.717, 1.165) is 19.3 Å². The number of carbonyl (C=O) groups is 2. The number of rotatable bonds is 10. The highest BCUT2D eigenvalue weighted by Crippen LogP contribution is 2.22. The van der Waals surface area contributed by atoms with Crippen LogP contribution in [0.3, 0.4) is 0 Å². The van der Waals surface area contributed by atoms with Gasteiger partial charge in [0, 0.05) is 24.4 Å². The number of alkyl carbamates (subject to hydrolysis) is 1. The number of carbonyl (C=O) groups excluding carboxylic acids is 2. The van der Waals surface area contributed by atoms with E-state index >= 15 is 0 Å². The molecule has 0 saturated carbocycles. The van der Waals surface area contributed by atoms with E-state index in [4.69, 9.17) is 18.6 Å². The Labute approximate surface area is 176 Å². The van der Waals surface area contributed by atoms with Crippen molar-refractivity contribution >= 4 is 12.1 Å². The van der Waals surface area contributed by atoms with Gasteiger partial charge >= 0.3 is 12.1 Å². The van der Waals surface area contributed by atoms with Crippen molar-refractivity contribution in [1.29, 1.82) is 0 Å². The Morgan fingerprint density at radius 2 is 2.00 bits per heavy atom. The molecule has 0 fully saturated rings. The highest BCUT2D eigenvalue weighted by atomic mass is 16.6. The Morgan fingerprint density at radius 3 is 2.73 bits per heavy atom. The first kappa shape index (κ1) is 23.2. The predicted molar refractivity (Wildman–Crippen MR) is 109 cm³/mol. The minimum Gasteiger partial charge on any atom is -0.478 e. The molecule has 0 aliphatic heterocycles. The zero-order valence-corrected chi connectivity index (χ0v) is 17.9. The van der Waals surface area contributed by atoms with Crippen molar-refractivity contribution in [2.24, 2.45) is 0 Å². The van der Waals surface area contributed by atoms with Crippen LogP contribution in [0, 0.1) is 0 Å². The molecule has 9 nitrogen and oxygen atoms in total. The number of nitrogens with zero attached hydrogens (tertiary/aromatic N) is 2. The lowest BCUT2D eigenvalue weighted by Gasteiger charge is -2.19. The van der Waals surface area contributed by atoms with Crippen molar-refractivity contribution in [3.05, 3.63) is 30.3 Å². The molecule has 164 valence electrons. The average Bonchev–Trinajstić information content (AvgIpc) is 3.17. The maximum atomic E-state index is 11.7. The van der Waals surface area contributed by atoms with E-state index in [-0.39, 0.29) is 12.3 Å². The Hall–Kier alpha value is -3.10. The van der Waals surface area contributed by atoms with Gasteiger partial charge in [-0.05, 0) is 53.0 Å². The molecule has 2 aromatic heterocycles. The zero-order valence-electron chi connectivity index (χ0n) is 17.9. The first-order valence-electron chi connectivity index (χ1n) is 9.97. The number of hydrogen-bond acceptors (Lipinski definition) is 8. The smallest absolute Gasteiger partial charge is 0.407 e. The first-order chi connectivity index (χ1) is 14.3. The van der Waals surface area contributed by atoms with Crippen molar-refractivity contribution in [2.75, 3.05) is 19.8 Å². The quantitative estimate of drug-likeness (QED) is 0.454. The van der Waals surface area contributed by atoms with Crippen LogP contribution >= 0.6 is 0 Å². The minimum absolute atomic E-state index is 0.117. The molecule has 0 aliphatic carbocycles. The van der Waals surface area contributed by atoms with Gasteiger partial charge in [-0.15, -0.1) is 0 Å². The van der Waals surface area contributed by atoms with Gasteiger partial charge in [-0.3, -0.25) is 0 Å². The summed E-state index contributed by atoms with van der Waals surface area (Å²) < 4.78 is 21.1. The fourth-order valence-electron chi connectivity index (χ4n) is 2.41. The van der Waals surface area contributed by atoms with E-state index in [1.807, 2.05) is 20.8 Å². The molecule has 0 bridgehead atoms. The molecule has 0 atom stereocenters. The second kappa shape index (κ2) is 11.2. The molecule has 0 aliphatic rings. The van der Waals surface area contributed by atoms with Gasteiger partial charge in [-0.25, -0.2) is 19.6 Å². The van der Waals surface area contributed by atoms with Crippen LogP contribution in [0.5, 0.6) is 5.88 Å². The molecule has 0 aromatic carbocycles. The third-order valence-electron chi connectivity index (χ3n) is 3.71. The second-order valence-corrected chi connectivity index (χ2v) is 7.48. The minimum atomic E-state index is -0.529. The van der Waals surface area contributed by atoms with E-state index in [0.29, 0.717) is 30.5 Å². The molecule has 30 heavy (non-hydrogen) atoms. The van der Waals surface area contributed by atoms with E-state index < -0.39 is 17.7 Å². The van der Waals surface area contributed by atoms with E-state index in [1.54, 1.807) is 25.3 Å². The topological polar surface area (TPSA) is 113 Å². The van der Waals surface area contributed by atoms with Crippen LogP contribution < -0.4 is 10.1 Å². The maximum Gasteiger partial charge on any atom is 0.407 e.